The number of ether oxygens (including phenoxy) is 1. The molecule has 0 spiro atoms. The van der Waals surface area contributed by atoms with Gasteiger partial charge in [-0.3, -0.25) is 4.79 Å². The van der Waals surface area contributed by atoms with Crippen LogP contribution in [0.3, 0.4) is 0 Å². The third-order valence-corrected chi connectivity index (χ3v) is 5.13. The molecule has 0 bridgehead atoms. The number of halogens is 1. The third-order valence-electron chi connectivity index (χ3n) is 4.42. The van der Waals surface area contributed by atoms with Gasteiger partial charge < -0.3 is 4.74 Å². The predicted molar refractivity (Wildman–Crippen MR) is 81.8 cm³/mol. The van der Waals surface area contributed by atoms with Gasteiger partial charge in [0.15, 0.2) is 0 Å². The standard InChI is InChI=1S/C15H23IO2/c1-9-6-5-7-15(3,4)13(9)11-8-12(17)18-14(11)10(2)16/h10-11,14H,5-8H2,1-4H3. The molecule has 0 aromatic carbocycles. The topological polar surface area (TPSA) is 26.3 Å². The van der Waals surface area contributed by atoms with Crippen LogP contribution in [-0.2, 0) is 9.53 Å². The van der Waals surface area contributed by atoms with Gasteiger partial charge in [0, 0.05) is 9.84 Å². The minimum Gasteiger partial charge on any atom is -0.461 e. The van der Waals surface area contributed by atoms with Crippen LogP contribution in [0.1, 0.15) is 53.4 Å². The number of esters is 1. The normalized spacial score (nSPS) is 33.5. The van der Waals surface area contributed by atoms with Gasteiger partial charge in [-0.1, -0.05) is 47.6 Å². The van der Waals surface area contributed by atoms with Crippen LogP contribution in [0.4, 0.5) is 0 Å². The van der Waals surface area contributed by atoms with Crippen molar-refractivity contribution in [2.24, 2.45) is 11.3 Å². The Morgan fingerprint density at radius 1 is 1.44 bits per heavy atom. The minimum atomic E-state index is -0.0183. The molecule has 2 nitrogen and oxygen atoms in total. The molecule has 102 valence electrons. The Bertz CT molecular complexity index is 382. The van der Waals surface area contributed by atoms with E-state index < -0.39 is 0 Å². The summed E-state index contributed by atoms with van der Waals surface area (Å²) in [6.45, 7) is 9.03. The first-order valence-electron chi connectivity index (χ1n) is 6.86. The predicted octanol–water partition coefficient (Wildman–Crippen LogP) is 4.27. The minimum absolute atomic E-state index is 0.0183. The van der Waals surface area contributed by atoms with Crippen molar-refractivity contribution in [3.63, 3.8) is 0 Å². The Morgan fingerprint density at radius 2 is 2.11 bits per heavy atom. The van der Waals surface area contributed by atoms with Gasteiger partial charge in [-0.25, -0.2) is 0 Å². The molecule has 0 N–H and O–H groups in total. The van der Waals surface area contributed by atoms with Crippen molar-refractivity contribution in [1.29, 1.82) is 0 Å². The average Bonchev–Trinajstić information content (AvgIpc) is 2.58. The molecule has 1 fully saturated rings. The van der Waals surface area contributed by atoms with Crippen LogP contribution < -0.4 is 0 Å². The zero-order valence-electron chi connectivity index (χ0n) is 11.8. The highest BCUT2D eigenvalue weighted by atomic mass is 127. The van der Waals surface area contributed by atoms with Crippen LogP contribution in [0.2, 0.25) is 0 Å². The van der Waals surface area contributed by atoms with Crippen LogP contribution in [0, 0.1) is 11.3 Å². The summed E-state index contributed by atoms with van der Waals surface area (Å²) in [5, 5.41) is 0. The first-order valence-corrected chi connectivity index (χ1v) is 8.11. The van der Waals surface area contributed by atoms with Gasteiger partial charge in [-0.15, -0.1) is 0 Å². The number of hydrogen-bond acceptors (Lipinski definition) is 2. The number of carbonyl (C=O) groups is 1. The van der Waals surface area contributed by atoms with Crippen molar-refractivity contribution in [1.82, 2.24) is 0 Å². The second-order valence-corrected chi connectivity index (χ2v) is 8.34. The summed E-state index contributed by atoms with van der Waals surface area (Å²) in [4.78, 5) is 11.7. The molecule has 1 heterocycles. The van der Waals surface area contributed by atoms with Crippen molar-refractivity contribution in [3.8, 4) is 0 Å². The average molecular weight is 362 g/mol. The smallest absolute Gasteiger partial charge is 0.306 e. The lowest BCUT2D eigenvalue weighted by Gasteiger charge is -2.39. The molecule has 0 amide bonds. The molecule has 1 aliphatic heterocycles. The van der Waals surface area contributed by atoms with E-state index in [4.69, 9.17) is 4.74 Å². The maximum absolute atomic E-state index is 11.7. The van der Waals surface area contributed by atoms with Crippen LogP contribution in [0.5, 0.6) is 0 Å². The Hall–Kier alpha value is -0.0600. The first-order chi connectivity index (χ1) is 8.33. The van der Waals surface area contributed by atoms with Gasteiger partial charge in [-0.2, -0.15) is 0 Å². The summed E-state index contributed by atoms with van der Waals surface area (Å²) in [5.74, 6) is 0.287. The van der Waals surface area contributed by atoms with Crippen LogP contribution in [0.25, 0.3) is 0 Å². The molecule has 0 aromatic heterocycles. The highest BCUT2D eigenvalue weighted by Gasteiger charge is 2.45. The zero-order chi connectivity index (χ0) is 13.5. The highest BCUT2D eigenvalue weighted by molar-refractivity contribution is 14.1. The molecule has 2 aliphatic rings. The van der Waals surface area contributed by atoms with E-state index in [1.807, 2.05) is 0 Å². The molecule has 3 atom stereocenters. The van der Waals surface area contributed by atoms with E-state index in [2.05, 4.69) is 50.3 Å². The van der Waals surface area contributed by atoms with E-state index in [1.54, 1.807) is 0 Å². The Labute approximate surface area is 124 Å². The van der Waals surface area contributed by atoms with Gasteiger partial charge in [0.2, 0.25) is 0 Å². The van der Waals surface area contributed by atoms with Crippen molar-refractivity contribution < 1.29 is 9.53 Å². The van der Waals surface area contributed by atoms with Gasteiger partial charge >= 0.3 is 5.97 Å². The molecule has 2 rings (SSSR count). The van der Waals surface area contributed by atoms with Crippen LogP contribution >= 0.6 is 22.6 Å². The number of alkyl halides is 1. The molecule has 0 saturated carbocycles. The van der Waals surface area contributed by atoms with E-state index in [-0.39, 0.29) is 17.5 Å². The zero-order valence-corrected chi connectivity index (χ0v) is 13.9. The second kappa shape index (κ2) is 5.14. The molecule has 0 radical (unpaired) electrons. The van der Waals surface area contributed by atoms with Crippen molar-refractivity contribution in [2.45, 2.75) is 63.4 Å². The maximum atomic E-state index is 11.7. The van der Waals surface area contributed by atoms with Gasteiger partial charge in [0.05, 0.1) is 6.42 Å². The quantitative estimate of drug-likeness (QED) is 0.317. The lowest BCUT2D eigenvalue weighted by molar-refractivity contribution is -0.141. The molecule has 1 aliphatic carbocycles. The van der Waals surface area contributed by atoms with Crippen LogP contribution in [0.15, 0.2) is 11.1 Å². The van der Waals surface area contributed by atoms with Crippen molar-refractivity contribution in [2.75, 3.05) is 0 Å². The molecule has 0 aromatic rings. The van der Waals surface area contributed by atoms with Gasteiger partial charge in [0.25, 0.3) is 0 Å². The monoisotopic (exact) mass is 362 g/mol. The fourth-order valence-electron chi connectivity index (χ4n) is 3.72. The number of carbonyl (C=O) groups excluding carboxylic acids is 1. The Kier molecular flexibility index (Phi) is 4.10. The summed E-state index contributed by atoms with van der Waals surface area (Å²) in [6, 6.07) is 0. The number of cyclic esters (lactones) is 1. The number of rotatable bonds is 2. The van der Waals surface area contributed by atoms with E-state index >= 15 is 0 Å². The molecule has 3 heteroatoms. The van der Waals surface area contributed by atoms with E-state index in [0.717, 1.165) is 0 Å². The SMILES string of the molecule is CC1=C(C2CC(=O)OC2C(C)I)C(C)(C)CCC1. The van der Waals surface area contributed by atoms with Crippen LogP contribution in [-0.4, -0.2) is 16.0 Å². The summed E-state index contributed by atoms with van der Waals surface area (Å²) >= 11 is 2.38. The molecular formula is C15H23IO2. The van der Waals surface area contributed by atoms with E-state index in [1.165, 1.54) is 30.4 Å². The van der Waals surface area contributed by atoms with E-state index in [9.17, 15) is 4.79 Å². The Morgan fingerprint density at radius 3 is 2.67 bits per heavy atom. The third kappa shape index (κ3) is 2.61. The summed E-state index contributed by atoms with van der Waals surface area (Å²) in [5.41, 5.74) is 3.23. The molecule has 1 saturated heterocycles. The fourth-order valence-corrected chi connectivity index (χ4v) is 4.37. The molecule has 3 unspecified atom stereocenters. The lowest BCUT2D eigenvalue weighted by atomic mass is 9.66. The second-order valence-electron chi connectivity index (χ2n) is 6.37. The van der Waals surface area contributed by atoms with Crippen molar-refractivity contribution in [3.05, 3.63) is 11.1 Å². The van der Waals surface area contributed by atoms with Gasteiger partial charge in [-0.05, 0) is 38.5 Å². The number of hydrogen-bond donors (Lipinski definition) is 0. The molecular weight excluding hydrogens is 339 g/mol. The number of allylic oxidation sites excluding steroid dienone is 1. The summed E-state index contributed by atoms with van der Waals surface area (Å²) in [7, 11) is 0. The summed E-state index contributed by atoms with van der Waals surface area (Å²) < 4.78 is 5.92. The largest absolute Gasteiger partial charge is 0.461 e. The lowest BCUT2D eigenvalue weighted by Crippen LogP contribution is -2.33. The first kappa shape index (κ1) is 14.4. The maximum Gasteiger partial charge on any atom is 0.306 e. The fraction of sp³-hybridized carbons (Fsp3) is 0.800. The summed E-state index contributed by atoms with van der Waals surface area (Å²) in [6.07, 6.45) is 4.33. The highest BCUT2D eigenvalue weighted by Crippen LogP contribution is 2.48. The van der Waals surface area contributed by atoms with E-state index in [0.29, 0.717) is 16.3 Å². The van der Waals surface area contributed by atoms with Crippen molar-refractivity contribution >= 4 is 28.6 Å². The Balaban J connectivity index is 2.36. The van der Waals surface area contributed by atoms with Gasteiger partial charge in [0.1, 0.15) is 6.10 Å². The molecule has 18 heavy (non-hydrogen) atoms.